The second-order valence-electron chi connectivity index (χ2n) is 6.51. The van der Waals surface area contributed by atoms with Crippen LogP contribution in [0.5, 0.6) is 0 Å². The first-order chi connectivity index (χ1) is 12.7. The van der Waals surface area contributed by atoms with Crippen molar-refractivity contribution in [1.82, 2.24) is 5.32 Å². The van der Waals surface area contributed by atoms with E-state index in [4.69, 9.17) is 4.74 Å². The summed E-state index contributed by atoms with van der Waals surface area (Å²) in [5.74, 6) is -1.86. The lowest BCUT2D eigenvalue weighted by atomic mass is 10.2. The molecule has 150 valence electrons. The molecule has 2 fully saturated rings. The number of cyclic esters (lactones) is 1. The Hall–Kier alpha value is -2.11. The summed E-state index contributed by atoms with van der Waals surface area (Å²) in [6, 6.07) is 2.10. The molecule has 2 aliphatic heterocycles. The number of carbonyl (C=O) groups excluding carboxylic acids is 2. The van der Waals surface area contributed by atoms with Gasteiger partial charge < -0.3 is 15.0 Å². The van der Waals surface area contributed by atoms with Gasteiger partial charge in [0, 0.05) is 32.1 Å². The molecule has 0 unspecified atom stereocenters. The Morgan fingerprint density at radius 3 is 2.44 bits per heavy atom. The number of halogens is 2. The van der Waals surface area contributed by atoms with E-state index in [2.05, 4.69) is 5.32 Å². The van der Waals surface area contributed by atoms with Crippen molar-refractivity contribution in [2.45, 2.75) is 13.0 Å². The Labute approximate surface area is 156 Å². The van der Waals surface area contributed by atoms with Crippen LogP contribution in [0.25, 0.3) is 0 Å². The number of rotatable bonds is 4. The summed E-state index contributed by atoms with van der Waals surface area (Å²) in [4.78, 5) is 25.5. The minimum Gasteiger partial charge on any atom is -0.442 e. The maximum Gasteiger partial charge on any atom is 0.414 e. The highest BCUT2D eigenvalue weighted by atomic mass is 32.3. The van der Waals surface area contributed by atoms with E-state index < -0.39 is 34.4 Å². The van der Waals surface area contributed by atoms with Crippen molar-refractivity contribution in [1.29, 1.82) is 0 Å². The third-order valence-electron chi connectivity index (χ3n) is 4.46. The Balaban J connectivity index is 1.75. The molecule has 3 rings (SSSR count). The van der Waals surface area contributed by atoms with Crippen LogP contribution in [0.3, 0.4) is 0 Å². The molecule has 0 bridgehead atoms. The first-order valence-electron chi connectivity index (χ1n) is 8.36. The minimum atomic E-state index is -2.68. The fourth-order valence-corrected chi connectivity index (χ4v) is 4.29. The van der Waals surface area contributed by atoms with Crippen LogP contribution in [0.4, 0.5) is 25.0 Å². The second-order valence-corrected chi connectivity index (χ2v) is 8.93. The van der Waals surface area contributed by atoms with Gasteiger partial charge in [-0.2, -0.15) is 10.6 Å². The molecule has 27 heavy (non-hydrogen) atoms. The van der Waals surface area contributed by atoms with Crippen LogP contribution >= 0.6 is 10.6 Å². The van der Waals surface area contributed by atoms with Crippen LogP contribution in [0.15, 0.2) is 12.1 Å². The van der Waals surface area contributed by atoms with Crippen molar-refractivity contribution in [3.63, 3.8) is 0 Å². The molecule has 1 aromatic carbocycles. The van der Waals surface area contributed by atoms with E-state index in [1.165, 1.54) is 11.8 Å². The van der Waals surface area contributed by atoms with Gasteiger partial charge in [0.05, 0.1) is 30.3 Å². The molecule has 1 aromatic rings. The fourth-order valence-electron chi connectivity index (χ4n) is 3.06. The maximum absolute atomic E-state index is 14.6. The van der Waals surface area contributed by atoms with Crippen molar-refractivity contribution >= 4 is 34.0 Å². The lowest BCUT2D eigenvalue weighted by molar-refractivity contribution is -0.119. The highest BCUT2D eigenvalue weighted by molar-refractivity contribution is 8.24. The zero-order valence-electron chi connectivity index (χ0n) is 14.7. The molecule has 1 atom stereocenters. The molecule has 2 aliphatic rings. The van der Waals surface area contributed by atoms with E-state index >= 15 is 0 Å². The molecule has 2 heterocycles. The number of amides is 2. The summed E-state index contributed by atoms with van der Waals surface area (Å²) in [6.45, 7) is 1.75. The maximum atomic E-state index is 14.6. The van der Waals surface area contributed by atoms with Gasteiger partial charge in [-0.3, -0.25) is 18.8 Å². The van der Waals surface area contributed by atoms with Gasteiger partial charge in [-0.15, -0.1) is 0 Å². The predicted octanol–water partition coefficient (Wildman–Crippen LogP) is 2.00. The first-order valence-corrected chi connectivity index (χ1v) is 10.2. The predicted molar refractivity (Wildman–Crippen MR) is 97.5 cm³/mol. The van der Waals surface area contributed by atoms with Gasteiger partial charge in [0.2, 0.25) is 5.91 Å². The summed E-state index contributed by atoms with van der Waals surface area (Å²) >= 11 is 0. The van der Waals surface area contributed by atoms with Crippen LogP contribution in [0, 0.1) is 11.6 Å². The zero-order valence-corrected chi connectivity index (χ0v) is 15.5. The average molecular weight is 405 g/mol. The molecule has 11 heteroatoms. The van der Waals surface area contributed by atoms with Crippen LogP contribution in [-0.2, 0) is 9.53 Å². The van der Waals surface area contributed by atoms with Gasteiger partial charge in [-0.05, 0) is 0 Å². The monoisotopic (exact) mass is 405 g/mol. The smallest absolute Gasteiger partial charge is 0.414 e. The summed E-state index contributed by atoms with van der Waals surface area (Å²) in [5.41, 5.74) is -0.235. The summed E-state index contributed by atoms with van der Waals surface area (Å²) in [5, 5.41) is 2.53. The summed E-state index contributed by atoms with van der Waals surface area (Å²) < 4.78 is 53.5. The molecule has 3 N–H and O–H groups in total. The molecule has 0 radical (unpaired) electrons. The topological polar surface area (TPSA) is 102 Å². The number of hydrogen-bond donors (Lipinski definition) is 3. The van der Waals surface area contributed by atoms with Gasteiger partial charge >= 0.3 is 6.09 Å². The standard InChI is InChI=1S/C16H21F2N3O5S/c1-10(22)19-8-12-9-21(16(23)26-12)11-6-13(17)15(14(18)7-11)20-2-4-27(24,25)5-3-20/h6-7,12,24-25H,2-5,8-9H2,1H3,(H,19,22)/t12-/m0/s1. The van der Waals surface area contributed by atoms with Crippen LogP contribution in [-0.4, -0.2) is 64.9 Å². The SMILES string of the molecule is CC(=O)NC[C@H]1CN(c2cc(F)c(N3CCS(O)(O)CC3)c(F)c2)C(=O)O1. The number of benzene rings is 1. The van der Waals surface area contributed by atoms with Gasteiger partial charge in [0.25, 0.3) is 0 Å². The summed E-state index contributed by atoms with van der Waals surface area (Å²) in [7, 11) is -2.68. The number of ether oxygens (including phenoxy) is 1. The van der Waals surface area contributed by atoms with Gasteiger partial charge in [-0.25, -0.2) is 13.6 Å². The quantitative estimate of drug-likeness (QED) is 0.708. The molecule has 0 aliphatic carbocycles. The van der Waals surface area contributed by atoms with Crippen molar-refractivity contribution in [3.05, 3.63) is 23.8 Å². The first kappa shape index (κ1) is 19.6. The second kappa shape index (κ2) is 7.49. The number of hydrogen-bond acceptors (Lipinski definition) is 6. The van der Waals surface area contributed by atoms with Gasteiger partial charge in [0.1, 0.15) is 11.8 Å². The molecule has 0 aromatic heterocycles. The van der Waals surface area contributed by atoms with E-state index in [9.17, 15) is 27.5 Å². The van der Waals surface area contributed by atoms with E-state index in [1.54, 1.807) is 0 Å². The van der Waals surface area contributed by atoms with E-state index in [0.29, 0.717) is 0 Å². The van der Waals surface area contributed by atoms with Crippen molar-refractivity contribution in [2.24, 2.45) is 0 Å². The van der Waals surface area contributed by atoms with Crippen molar-refractivity contribution in [3.8, 4) is 0 Å². The van der Waals surface area contributed by atoms with Crippen molar-refractivity contribution in [2.75, 3.05) is 47.5 Å². The molecule has 2 saturated heterocycles. The highest BCUT2D eigenvalue weighted by Crippen LogP contribution is 2.42. The summed E-state index contributed by atoms with van der Waals surface area (Å²) in [6.07, 6.45) is -1.36. The van der Waals surface area contributed by atoms with E-state index in [1.807, 2.05) is 0 Å². The van der Waals surface area contributed by atoms with Crippen molar-refractivity contribution < 1.29 is 32.2 Å². The molecule has 8 nitrogen and oxygen atoms in total. The number of carbonyl (C=O) groups is 2. The minimum absolute atomic E-state index is 0.0189. The van der Waals surface area contributed by atoms with Gasteiger partial charge in [-0.1, -0.05) is 0 Å². The average Bonchev–Trinajstić information content (AvgIpc) is 2.94. The largest absolute Gasteiger partial charge is 0.442 e. The number of anilines is 2. The van der Waals surface area contributed by atoms with Gasteiger partial charge in [0.15, 0.2) is 11.6 Å². The van der Waals surface area contributed by atoms with Crippen LogP contribution in [0.1, 0.15) is 6.92 Å². The molecular formula is C16H21F2N3O5S. The normalized spacial score (nSPS) is 23.1. The Bertz CT molecular complexity index is 731. The van der Waals surface area contributed by atoms with E-state index in [-0.39, 0.29) is 55.0 Å². The van der Waals surface area contributed by atoms with Crippen LogP contribution in [0.2, 0.25) is 0 Å². The molecule has 0 saturated carbocycles. The Morgan fingerprint density at radius 2 is 1.89 bits per heavy atom. The fraction of sp³-hybridized carbons (Fsp3) is 0.500. The third kappa shape index (κ3) is 4.42. The molecule has 0 spiro atoms. The number of nitrogens with one attached hydrogen (secondary N) is 1. The lowest BCUT2D eigenvalue weighted by Crippen LogP contribution is -2.39. The van der Waals surface area contributed by atoms with Crippen LogP contribution < -0.4 is 15.1 Å². The third-order valence-corrected chi connectivity index (χ3v) is 6.13. The Morgan fingerprint density at radius 1 is 1.30 bits per heavy atom. The Kier molecular flexibility index (Phi) is 5.45. The molecule has 2 amide bonds. The van der Waals surface area contributed by atoms with E-state index in [0.717, 1.165) is 17.0 Å². The lowest BCUT2D eigenvalue weighted by Gasteiger charge is -2.42. The number of nitrogens with zero attached hydrogens (tertiary/aromatic N) is 2. The molecular weight excluding hydrogens is 384 g/mol. The highest BCUT2D eigenvalue weighted by Gasteiger charge is 2.34. The zero-order chi connectivity index (χ0) is 19.8.